The minimum absolute atomic E-state index is 0.0138. The Balaban J connectivity index is 2.28. The van der Waals surface area contributed by atoms with Crippen molar-refractivity contribution in [3.8, 4) is 5.69 Å². The Morgan fingerprint density at radius 3 is 2.53 bits per heavy atom. The van der Waals surface area contributed by atoms with Crippen LogP contribution < -0.4 is 0 Å². The second kappa shape index (κ2) is 4.28. The van der Waals surface area contributed by atoms with E-state index in [1.54, 1.807) is 6.33 Å². The van der Waals surface area contributed by atoms with Crippen molar-refractivity contribution in [1.29, 1.82) is 0 Å². The first-order valence-corrected chi connectivity index (χ1v) is 5.06. The van der Waals surface area contributed by atoms with Gasteiger partial charge in [0.1, 0.15) is 0 Å². The van der Waals surface area contributed by atoms with Crippen molar-refractivity contribution >= 4 is 0 Å². The molecule has 0 bridgehead atoms. The second-order valence-electron chi connectivity index (χ2n) is 3.45. The monoisotopic (exact) mass is 202 g/mol. The first kappa shape index (κ1) is 9.93. The Kier molecular flexibility index (Phi) is 2.83. The zero-order valence-electron chi connectivity index (χ0n) is 8.72. The number of benzene rings is 1. The SMILES string of the molecule is CCc1ccc(-n2cnc(CO)c2)cc1. The van der Waals surface area contributed by atoms with Crippen molar-refractivity contribution in [2.75, 3.05) is 0 Å². The van der Waals surface area contributed by atoms with Crippen LogP contribution in [0.25, 0.3) is 5.69 Å². The van der Waals surface area contributed by atoms with E-state index in [1.807, 2.05) is 10.8 Å². The van der Waals surface area contributed by atoms with Gasteiger partial charge in [0.2, 0.25) is 0 Å². The number of aliphatic hydroxyl groups excluding tert-OH is 1. The van der Waals surface area contributed by atoms with Crippen LogP contribution in [-0.4, -0.2) is 14.7 Å². The van der Waals surface area contributed by atoms with Gasteiger partial charge in [-0.3, -0.25) is 0 Å². The summed E-state index contributed by atoms with van der Waals surface area (Å²) in [7, 11) is 0. The number of aliphatic hydroxyl groups is 1. The van der Waals surface area contributed by atoms with E-state index in [9.17, 15) is 0 Å². The maximum atomic E-state index is 8.90. The van der Waals surface area contributed by atoms with E-state index in [0.29, 0.717) is 5.69 Å². The van der Waals surface area contributed by atoms with Crippen molar-refractivity contribution in [3.05, 3.63) is 48.0 Å². The van der Waals surface area contributed by atoms with E-state index in [2.05, 4.69) is 36.2 Å². The molecule has 0 radical (unpaired) electrons. The lowest BCUT2D eigenvalue weighted by atomic mass is 10.1. The maximum absolute atomic E-state index is 8.90. The molecule has 0 spiro atoms. The molecule has 0 aliphatic heterocycles. The zero-order chi connectivity index (χ0) is 10.7. The highest BCUT2D eigenvalue weighted by atomic mass is 16.3. The quantitative estimate of drug-likeness (QED) is 0.825. The van der Waals surface area contributed by atoms with Gasteiger partial charge in [0, 0.05) is 11.9 Å². The standard InChI is InChI=1S/C12H14N2O/c1-2-10-3-5-12(6-4-10)14-7-11(8-15)13-9-14/h3-7,9,15H,2,8H2,1H3. The van der Waals surface area contributed by atoms with Gasteiger partial charge >= 0.3 is 0 Å². The minimum Gasteiger partial charge on any atom is -0.390 e. The van der Waals surface area contributed by atoms with E-state index in [4.69, 9.17) is 5.11 Å². The number of rotatable bonds is 3. The molecule has 0 amide bonds. The fourth-order valence-electron chi connectivity index (χ4n) is 1.49. The molecule has 0 aliphatic carbocycles. The zero-order valence-corrected chi connectivity index (χ0v) is 8.72. The number of aromatic nitrogens is 2. The van der Waals surface area contributed by atoms with Crippen molar-refractivity contribution in [3.63, 3.8) is 0 Å². The highest BCUT2D eigenvalue weighted by Crippen LogP contribution is 2.10. The van der Waals surface area contributed by atoms with Gasteiger partial charge in [-0.25, -0.2) is 4.98 Å². The van der Waals surface area contributed by atoms with Crippen molar-refractivity contribution in [2.45, 2.75) is 20.0 Å². The van der Waals surface area contributed by atoms with Gasteiger partial charge in [0.05, 0.1) is 18.6 Å². The smallest absolute Gasteiger partial charge is 0.0996 e. The molecule has 0 saturated heterocycles. The summed E-state index contributed by atoms with van der Waals surface area (Å²) < 4.78 is 1.91. The Hall–Kier alpha value is -1.61. The van der Waals surface area contributed by atoms with Crippen molar-refractivity contribution in [1.82, 2.24) is 9.55 Å². The molecule has 2 aromatic rings. The summed E-state index contributed by atoms with van der Waals surface area (Å²) in [5.41, 5.74) is 3.08. The van der Waals surface area contributed by atoms with E-state index in [1.165, 1.54) is 5.56 Å². The molecule has 3 heteroatoms. The molecular weight excluding hydrogens is 188 g/mol. The Labute approximate surface area is 89.0 Å². The molecule has 2 rings (SSSR count). The van der Waals surface area contributed by atoms with Crippen LogP contribution in [0.1, 0.15) is 18.2 Å². The van der Waals surface area contributed by atoms with Crippen LogP contribution in [0.5, 0.6) is 0 Å². The molecule has 0 saturated carbocycles. The second-order valence-corrected chi connectivity index (χ2v) is 3.45. The third-order valence-electron chi connectivity index (χ3n) is 2.44. The van der Waals surface area contributed by atoms with Gasteiger partial charge in [-0.15, -0.1) is 0 Å². The summed E-state index contributed by atoms with van der Waals surface area (Å²) in [4.78, 5) is 4.07. The topological polar surface area (TPSA) is 38.0 Å². The van der Waals surface area contributed by atoms with Crippen LogP contribution in [-0.2, 0) is 13.0 Å². The molecule has 15 heavy (non-hydrogen) atoms. The Morgan fingerprint density at radius 2 is 2.00 bits per heavy atom. The first-order valence-electron chi connectivity index (χ1n) is 5.06. The summed E-state index contributed by atoms with van der Waals surface area (Å²) >= 11 is 0. The minimum atomic E-state index is -0.0138. The number of imidazole rings is 1. The molecular formula is C12H14N2O. The van der Waals surface area contributed by atoms with E-state index < -0.39 is 0 Å². The number of aryl methyl sites for hydroxylation is 1. The molecule has 1 heterocycles. The molecule has 0 unspecified atom stereocenters. The highest BCUT2D eigenvalue weighted by molar-refractivity contribution is 5.35. The van der Waals surface area contributed by atoms with Crippen molar-refractivity contribution in [2.24, 2.45) is 0 Å². The third-order valence-corrected chi connectivity index (χ3v) is 2.44. The first-order chi connectivity index (χ1) is 7.33. The highest BCUT2D eigenvalue weighted by Gasteiger charge is 1.99. The number of hydrogen-bond donors (Lipinski definition) is 1. The summed E-state index contributed by atoms with van der Waals surface area (Å²) in [6, 6.07) is 8.32. The largest absolute Gasteiger partial charge is 0.390 e. The number of nitrogens with zero attached hydrogens (tertiary/aromatic N) is 2. The van der Waals surface area contributed by atoms with Crippen molar-refractivity contribution < 1.29 is 5.11 Å². The Bertz CT molecular complexity index is 431. The van der Waals surface area contributed by atoms with Gasteiger partial charge in [0.25, 0.3) is 0 Å². The van der Waals surface area contributed by atoms with Crippen LogP contribution in [0, 0.1) is 0 Å². The lowest BCUT2D eigenvalue weighted by Crippen LogP contribution is -1.90. The van der Waals surface area contributed by atoms with E-state index in [0.717, 1.165) is 12.1 Å². The summed E-state index contributed by atoms with van der Waals surface area (Å²) in [5, 5.41) is 8.90. The van der Waals surface area contributed by atoms with Crippen LogP contribution in [0.2, 0.25) is 0 Å². The fraction of sp³-hybridized carbons (Fsp3) is 0.250. The molecule has 0 atom stereocenters. The summed E-state index contributed by atoms with van der Waals surface area (Å²) in [6.07, 6.45) is 4.60. The lowest BCUT2D eigenvalue weighted by molar-refractivity contribution is 0.277. The molecule has 1 aromatic heterocycles. The van der Waals surface area contributed by atoms with Gasteiger partial charge in [-0.2, -0.15) is 0 Å². The van der Waals surface area contributed by atoms with Crippen LogP contribution in [0.4, 0.5) is 0 Å². The molecule has 0 fully saturated rings. The predicted octanol–water partition coefficient (Wildman–Crippen LogP) is 1.93. The lowest BCUT2D eigenvalue weighted by Gasteiger charge is -2.02. The van der Waals surface area contributed by atoms with Crippen LogP contribution in [0.15, 0.2) is 36.8 Å². The fourth-order valence-corrected chi connectivity index (χ4v) is 1.49. The molecule has 1 aromatic carbocycles. The number of hydrogen-bond acceptors (Lipinski definition) is 2. The van der Waals surface area contributed by atoms with Gasteiger partial charge in [-0.05, 0) is 24.1 Å². The van der Waals surface area contributed by atoms with Gasteiger partial charge < -0.3 is 9.67 Å². The third kappa shape index (κ3) is 2.07. The molecule has 78 valence electrons. The average molecular weight is 202 g/mol. The Morgan fingerprint density at radius 1 is 1.27 bits per heavy atom. The normalized spacial score (nSPS) is 10.5. The summed E-state index contributed by atoms with van der Waals surface area (Å²) in [6.45, 7) is 2.12. The van der Waals surface area contributed by atoms with Gasteiger partial charge in [0.15, 0.2) is 0 Å². The maximum Gasteiger partial charge on any atom is 0.0996 e. The van der Waals surface area contributed by atoms with E-state index in [-0.39, 0.29) is 6.61 Å². The molecule has 3 nitrogen and oxygen atoms in total. The van der Waals surface area contributed by atoms with E-state index >= 15 is 0 Å². The predicted molar refractivity (Wildman–Crippen MR) is 58.9 cm³/mol. The van der Waals surface area contributed by atoms with Crippen LogP contribution >= 0.6 is 0 Å². The average Bonchev–Trinajstić information content (AvgIpc) is 2.78. The molecule has 0 aliphatic rings. The molecule has 1 N–H and O–H groups in total. The summed E-state index contributed by atoms with van der Waals surface area (Å²) in [5.74, 6) is 0. The van der Waals surface area contributed by atoms with Crippen LogP contribution in [0.3, 0.4) is 0 Å². The van der Waals surface area contributed by atoms with Gasteiger partial charge in [-0.1, -0.05) is 19.1 Å².